The van der Waals surface area contributed by atoms with Gasteiger partial charge in [0.1, 0.15) is 17.2 Å². The van der Waals surface area contributed by atoms with Crippen molar-refractivity contribution in [1.29, 1.82) is 0 Å². The van der Waals surface area contributed by atoms with Gasteiger partial charge < -0.3 is 19.8 Å². The summed E-state index contributed by atoms with van der Waals surface area (Å²) in [5.41, 5.74) is 4.19. The number of hydrogen-bond acceptors (Lipinski definition) is 6. The first-order valence-corrected chi connectivity index (χ1v) is 15.9. The van der Waals surface area contributed by atoms with E-state index in [1.807, 2.05) is 26.8 Å². The summed E-state index contributed by atoms with van der Waals surface area (Å²) in [6, 6.07) is 14.2. The average Bonchev–Trinajstić information content (AvgIpc) is 3.75. The number of nitrogens with zero attached hydrogens (tertiary/aromatic N) is 1. The van der Waals surface area contributed by atoms with E-state index in [0.717, 1.165) is 24.7 Å². The molecule has 1 fully saturated rings. The predicted octanol–water partition coefficient (Wildman–Crippen LogP) is 4.71. The van der Waals surface area contributed by atoms with Crippen LogP contribution in [0.15, 0.2) is 59.0 Å². The Morgan fingerprint density at radius 3 is 2.31 bits per heavy atom. The fourth-order valence-corrected chi connectivity index (χ4v) is 6.00. The number of sulfonamides is 1. The number of carbonyl (C=O) groups excluding carboxylic acids is 1. The molecule has 42 heavy (non-hydrogen) atoms. The minimum Gasteiger partial charge on any atom is -0.455 e. The lowest BCUT2D eigenvalue weighted by atomic mass is 9.76. The zero-order valence-corrected chi connectivity index (χ0v) is 25.3. The molecule has 0 saturated heterocycles. The van der Waals surface area contributed by atoms with E-state index in [2.05, 4.69) is 5.32 Å². The van der Waals surface area contributed by atoms with Gasteiger partial charge in [0.2, 0.25) is 10.0 Å². The smallest absolute Gasteiger partial charge is 0.455 e. The van der Waals surface area contributed by atoms with Crippen molar-refractivity contribution in [3.8, 4) is 11.3 Å². The molecule has 4 aromatic rings. The quantitative estimate of drug-likeness (QED) is 0.242. The molecule has 11 heteroatoms. The second-order valence-electron chi connectivity index (χ2n) is 10.1. The zero-order chi connectivity index (χ0) is 30.8. The van der Waals surface area contributed by atoms with Gasteiger partial charge in [0.25, 0.3) is 5.91 Å². The summed E-state index contributed by atoms with van der Waals surface area (Å²) in [7, 11) is -3.87. The highest BCUT2D eigenvalue weighted by molar-refractivity contribution is 7.92. The maximum Gasteiger partial charge on any atom is 0.488 e. The maximum absolute atomic E-state index is 13.6. The number of hydrogen-bond donors (Lipinski definition) is 3. The van der Waals surface area contributed by atoms with Crippen molar-refractivity contribution in [2.45, 2.75) is 52.5 Å². The summed E-state index contributed by atoms with van der Waals surface area (Å²) < 4.78 is 47.5. The van der Waals surface area contributed by atoms with Crippen LogP contribution in [0.2, 0.25) is 0 Å². The molecule has 0 atom stereocenters. The summed E-state index contributed by atoms with van der Waals surface area (Å²) in [5, 5.41) is 22.6. The van der Waals surface area contributed by atoms with Crippen molar-refractivity contribution in [3.05, 3.63) is 82.7 Å². The van der Waals surface area contributed by atoms with Crippen LogP contribution in [-0.2, 0) is 23.0 Å². The van der Waals surface area contributed by atoms with Crippen LogP contribution >= 0.6 is 0 Å². The highest BCUT2D eigenvalue weighted by atomic mass is 32.2. The Labute approximate surface area is 246 Å². The highest BCUT2D eigenvalue weighted by Gasteiger charge is 2.33. The lowest BCUT2D eigenvalue weighted by Crippen LogP contribution is -2.34. The van der Waals surface area contributed by atoms with Gasteiger partial charge in [-0.05, 0) is 77.7 Å². The van der Waals surface area contributed by atoms with Gasteiger partial charge in [-0.2, -0.15) is 0 Å². The van der Waals surface area contributed by atoms with Gasteiger partial charge in [-0.25, -0.2) is 12.8 Å². The van der Waals surface area contributed by atoms with Crippen LogP contribution in [0, 0.1) is 5.82 Å². The van der Waals surface area contributed by atoms with E-state index < -0.39 is 23.0 Å². The van der Waals surface area contributed by atoms with Crippen molar-refractivity contribution in [1.82, 2.24) is 5.32 Å². The second kappa shape index (κ2) is 12.7. The van der Waals surface area contributed by atoms with Crippen LogP contribution in [0.1, 0.15) is 66.6 Å². The molecule has 1 amide bonds. The third kappa shape index (κ3) is 6.38. The highest BCUT2D eigenvalue weighted by Crippen LogP contribution is 2.48. The number of halogens is 1. The van der Waals surface area contributed by atoms with Crippen molar-refractivity contribution >= 4 is 45.2 Å². The van der Waals surface area contributed by atoms with Gasteiger partial charge in [0, 0.05) is 24.1 Å². The predicted molar refractivity (Wildman–Crippen MR) is 165 cm³/mol. The van der Waals surface area contributed by atoms with Gasteiger partial charge in [0.05, 0.1) is 24.1 Å². The standard InChI is InChI=1S/C29H30BFN2O6S.C2H6/c1-4-18-13-17(5-12-24(18)30(35)36)16-33(40(3,37)38)25-15-26-23(14-22(25)19-6-7-19)27(29(34)32-2)28(39-26)20-8-10-21(31)11-9-20;1-2/h5,8-15,19,35-36H,4,6-7,16H2,1-3H3,(H,32,34);1-2H3. The first-order valence-electron chi connectivity index (χ1n) is 14.1. The molecule has 1 aliphatic rings. The normalized spacial score (nSPS) is 13.0. The lowest BCUT2D eigenvalue weighted by molar-refractivity contribution is 0.0964. The molecule has 1 aromatic heterocycles. The van der Waals surface area contributed by atoms with Crippen LogP contribution in [0.3, 0.4) is 0 Å². The van der Waals surface area contributed by atoms with Crippen molar-refractivity contribution in [2.24, 2.45) is 0 Å². The summed E-state index contributed by atoms with van der Waals surface area (Å²) in [6.45, 7) is 5.91. The van der Waals surface area contributed by atoms with E-state index in [4.69, 9.17) is 4.42 Å². The summed E-state index contributed by atoms with van der Waals surface area (Å²) >= 11 is 0. The lowest BCUT2D eigenvalue weighted by Gasteiger charge is -2.26. The molecule has 1 saturated carbocycles. The maximum atomic E-state index is 13.6. The Kier molecular flexibility index (Phi) is 9.45. The van der Waals surface area contributed by atoms with Gasteiger partial charge in [0.15, 0.2) is 0 Å². The number of carbonyl (C=O) groups is 1. The summed E-state index contributed by atoms with van der Waals surface area (Å²) in [6.07, 6.45) is 3.45. The Morgan fingerprint density at radius 2 is 1.76 bits per heavy atom. The molecule has 8 nitrogen and oxygen atoms in total. The third-order valence-corrected chi connectivity index (χ3v) is 8.40. The largest absolute Gasteiger partial charge is 0.488 e. The topological polar surface area (TPSA) is 120 Å². The molecule has 3 N–H and O–H groups in total. The Bertz CT molecular complexity index is 1700. The first-order chi connectivity index (χ1) is 20.0. The zero-order valence-electron chi connectivity index (χ0n) is 24.4. The van der Waals surface area contributed by atoms with E-state index in [9.17, 15) is 27.7 Å². The number of rotatable bonds is 9. The monoisotopic (exact) mass is 594 g/mol. The van der Waals surface area contributed by atoms with Crippen LogP contribution < -0.4 is 15.1 Å². The third-order valence-electron chi connectivity index (χ3n) is 7.28. The van der Waals surface area contributed by atoms with E-state index >= 15 is 0 Å². The molecular weight excluding hydrogens is 558 g/mol. The minimum absolute atomic E-state index is 0.0205. The molecule has 1 heterocycles. The number of benzene rings is 3. The fourth-order valence-electron chi connectivity index (χ4n) is 5.10. The van der Waals surface area contributed by atoms with Gasteiger partial charge >= 0.3 is 7.12 Å². The SMILES string of the molecule is CC.CCc1cc(CN(c2cc3oc(-c4ccc(F)cc4)c(C(=O)NC)c3cc2C2CC2)S(C)(=O)=O)ccc1B(O)O. The molecule has 0 spiro atoms. The number of furan rings is 1. The molecule has 222 valence electrons. The Hall–Kier alpha value is -3.67. The Morgan fingerprint density at radius 1 is 1.10 bits per heavy atom. The van der Waals surface area contributed by atoms with Crippen LogP contribution in [0.25, 0.3) is 22.3 Å². The van der Waals surface area contributed by atoms with E-state index in [1.54, 1.807) is 24.3 Å². The summed E-state index contributed by atoms with van der Waals surface area (Å²) in [4.78, 5) is 13.0. The van der Waals surface area contributed by atoms with Crippen LogP contribution in [0.4, 0.5) is 10.1 Å². The number of anilines is 1. The molecule has 0 bridgehead atoms. The molecule has 3 aromatic carbocycles. The average molecular weight is 595 g/mol. The van der Waals surface area contributed by atoms with E-state index in [0.29, 0.717) is 50.8 Å². The second-order valence-corrected chi connectivity index (χ2v) is 12.0. The van der Waals surface area contributed by atoms with E-state index in [1.165, 1.54) is 35.6 Å². The van der Waals surface area contributed by atoms with E-state index in [-0.39, 0.29) is 24.1 Å². The number of aryl methyl sites for hydroxylation is 1. The summed E-state index contributed by atoms with van der Waals surface area (Å²) in [5.74, 6) is -0.393. The number of fused-ring (bicyclic) bond motifs is 1. The van der Waals surface area contributed by atoms with Crippen LogP contribution in [-0.4, -0.2) is 44.8 Å². The molecule has 0 radical (unpaired) electrons. The minimum atomic E-state index is -3.77. The first kappa shape index (κ1) is 31.3. The molecule has 0 aliphatic heterocycles. The number of amides is 1. The number of nitrogens with one attached hydrogen (secondary N) is 1. The van der Waals surface area contributed by atoms with Gasteiger partial charge in [-0.1, -0.05) is 39.0 Å². The molecule has 0 unspecified atom stereocenters. The van der Waals surface area contributed by atoms with Gasteiger partial charge in [-0.15, -0.1) is 0 Å². The molecular formula is C31H36BFN2O6S. The van der Waals surface area contributed by atoms with Gasteiger partial charge in [-0.3, -0.25) is 9.10 Å². The van der Waals surface area contributed by atoms with Crippen LogP contribution in [0.5, 0.6) is 0 Å². The van der Waals surface area contributed by atoms with Crippen molar-refractivity contribution in [3.63, 3.8) is 0 Å². The Balaban J connectivity index is 0.00000198. The van der Waals surface area contributed by atoms with Crippen molar-refractivity contribution < 1.29 is 32.1 Å². The van der Waals surface area contributed by atoms with Crippen molar-refractivity contribution in [2.75, 3.05) is 17.6 Å². The fraction of sp³-hybridized carbons (Fsp3) is 0.323. The molecule has 5 rings (SSSR count). The molecule has 1 aliphatic carbocycles.